The van der Waals surface area contributed by atoms with Crippen LogP contribution in [0.4, 0.5) is 0 Å². The SMILES string of the molecule is CCCN(CCC)C(=O)C1CC(C(=O)NC(CC2CCCCC2)C(O)CN(CC)NC(=O)C2CCCCC2)CC(C(=O)N(C)C)C1. The summed E-state index contributed by atoms with van der Waals surface area (Å²) in [6, 6.07) is -0.480. The number of hydrazine groups is 1. The number of hydrogen-bond acceptors (Lipinski definition) is 6. The lowest BCUT2D eigenvalue weighted by Crippen LogP contribution is -2.55. The molecule has 3 fully saturated rings. The molecule has 0 bridgehead atoms. The monoisotopic (exact) mass is 647 g/mol. The zero-order valence-corrected chi connectivity index (χ0v) is 29.6. The highest BCUT2D eigenvalue weighted by molar-refractivity contribution is 5.86. The van der Waals surface area contributed by atoms with Crippen LogP contribution in [0.5, 0.6) is 0 Å². The Hall–Kier alpha value is -2.20. The minimum atomic E-state index is -0.873. The number of likely N-dealkylation sites (N-methyl/N-ethyl adjacent to an activating group) is 1. The lowest BCUT2D eigenvalue weighted by Gasteiger charge is -2.38. The molecule has 0 heterocycles. The molecule has 0 radical (unpaired) electrons. The Bertz CT molecular complexity index is 958. The smallest absolute Gasteiger partial charge is 0.237 e. The van der Waals surface area contributed by atoms with Gasteiger partial charge in [-0.05, 0) is 57.3 Å². The fourth-order valence-corrected chi connectivity index (χ4v) is 8.05. The quantitative estimate of drug-likeness (QED) is 0.212. The second kappa shape index (κ2) is 19.6. The summed E-state index contributed by atoms with van der Waals surface area (Å²) >= 11 is 0. The van der Waals surface area contributed by atoms with Gasteiger partial charge in [-0.1, -0.05) is 72.1 Å². The largest absolute Gasteiger partial charge is 0.390 e. The van der Waals surface area contributed by atoms with Gasteiger partial charge in [-0.15, -0.1) is 0 Å². The van der Waals surface area contributed by atoms with Crippen LogP contribution < -0.4 is 10.7 Å². The summed E-state index contributed by atoms with van der Waals surface area (Å²) in [7, 11) is 3.46. The average molecular weight is 648 g/mol. The van der Waals surface area contributed by atoms with Gasteiger partial charge in [-0.3, -0.25) is 24.6 Å². The second-order valence-electron chi connectivity index (χ2n) is 14.6. The predicted octanol–water partition coefficient (Wildman–Crippen LogP) is 4.51. The van der Waals surface area contributed by atoms with Crippen molar-refractivity contribution >= 4 is 23.6 Å². The van der Waals surface area contributed by atoms with E-state index < -0.39 is 24.0 Å². The first-order chi connectivity index (χ1) is 22.1. The third-order valence-corrected chi connectivity index (χ3v) is 10.7. The summed E-state index contributed by atoms with van der Waals surface area (Å²) in [5.41, 5.74) is 3.06. The van der Waals surface area contributed by atoms with Gasteiger partial charge in [0.25, 0.3) is 0 Å². The van der Waals surface area contributed by atoms with Gasteiger partial charge in [-0.2, -0.15) is 0 Å². The third kappa shape index (κ3) is 11.5. The molecule has 3 aliphatic carbocycles. The molecule has 5 atom stereocenters. The number of amides is 4. The van der Waals surface area contributed by atoms with Crippen molar-refractivity contribution in [2.24, 2.45) is 29.6 Å². The minimum Gasteiger partial charge on any atom is -0.390 e. The van der Waals surface area contributed by atoms with Crippen LogP contribution in [0.3, 0.4) is 0 Å². The standard InChI is InChI=1S/C36H65N5O5/c1-6-19-40(20-7-2)36(46)30-23-28(22-29(24-30)35(45)39(4)5)33(43)37-31(21-26-15-11-9-12-16-26)32(42)25-41(8-3)38-34(44)27-17-13-10-14-18-27/h26-32,42H,6-25H2,1-5H3,(H,37,43)(H,38,44). The highest BCUT2D eigenvalue weighted by Gasteiger charge is 2.41. The molecule has 0 aromatic carbocycles. The lowest BCUT2D eigenvalue weighted by molar-refractivity contribution is -0.143. The van der Waals surface area contributed by atoms with E-state index in [9.17, 15) is 24.3 Å². The van der Waals surface area contributed by atoms with Gasteiger partial charge in [0, 0.05) is 63.9 Å². The number of nitrogens with one attached hydrogen (secondary N) is 2. The van der Waals surface area contributed by atoms with E-state index >= 15 is 0 Å². The lowest BCUT2D eigenvalue weighted by atomic mass is 9.73. The van der Waals surface area contributed by atoms with Crippen LogP contribution in [0.2, 0.25) is 0 Å². The zero-order valence-electron chi connectivity index (χ0n) is 29.6. The van der Waals surface area contributed by atoms with Crippen molar-refractivity contribution in [1.82, 2.24) is 25.6 Å². The maximum Gasteiger partial charge on any atom is 0.237 e. The molecule has 46 heavy (non-hydrogen) atoms. The number of carbonyl (C=O) groups excluding carboxylic acids is 4. The molecule has 264 valence electrons. The first-order valence-electron chi connectivity index (χ1n) is 18.6. The molecule has 0 aromatic heterocycles. The van der Waals surface area contributed by atoms with Gasteiger partial charge in [0.05, 0.1) is 12.1 Å². The van der Waals surface area contributed by atoms with Gasteiger partial charge < -0.3 is 20.2 Å². The summed E-state index contributed by atoms with van der Waals surface area (Å²) in [6.07, 6.45) is 13.6. The number of aliphatic hydroxyl groups is 1. The fraction of sp³-hybridized carbons (Fsp3) is 0.889. The summed E-state index contributed by atoms with van der Waals surface area (Å²) in [6.45, 7) is 8.20. The Labute approximate surface area is 278 Å². The number of carbonyl (C=O) groups is 4. The van der Waals surface area contributed by atoms with Gasteiger partial charge >= 0.3 is 0 Å². The Balaban J connectivity index is 1.76. The molecular formula is C36H65N5O5. The van der Waals surface area contributed by atoms with E-state index in [0.717, 1.165) is 64.2 Å². The summed E-state index contributed by atoms with van der Waals surface area (Å²) in [5.74, 6) is -0.991. The van der Waals surface area contributed by atoms with Crippen LogP contribution >= 0.6 is 0 Å². The van der Waals surface area contributed by atoms with E-state index in [2.05, 4.69) is 24.6 Å². The third-order valence-electron chi connectivity index (χ3n) is 10.7. The first kappa shape index (κ1) is 38.2. The van der Waals surface area contributed by atoms with E-state index in [1.807, 2.05) is 11.8 Å². The van der Waals surface area contributed by atoms with Crippen molar-refractivity contribution in [1.29, 1.82) is 0 Å². The van der Waals surface area contributed by atoms with Crippen molar-refractivity contribution in [2.75, 3.05) is 40.3 Å². The summed E-state index contributed by atoms with van der Waals surface area (Å²) < 4.78 is 0. The minimum absolute atomic E-state index is 0.0167. The maximum atomic E-state index is 14.1. The van der Waals surface area contributed by atoms with E-state index in [4.69, 9.17) is 0 Å². The van der Waals surface area contributed by atoms with Crippen molar-refractivity contribution in [2.45, 2.75) is 136 Å². The molecule has 3 rings (SSSR count). The first-order valence-corrected chi connectivity index (χ1v) is 18.6. The maximum absolute atomic E-state index is 14.1. The van der Waals surface area contributed by atoms with Crippen LogP contribution in [0, 0.1) is 29.6 Å². The Morgan fingerprint density at radius 1 is 0.717 bits per heavy atom. The predicted molar refractivity (Wildman–Crippen MR) is 181 cm³/mol. The molecule has 3 N–H and O–H groups in total. The van der Waals surface area contributed by atoms with Crippen LogP contribution in [-0.4, -0.2) is 96.0 Å². The highest BCUT2D eigenvalue weighted by atomic mass is 16.3. The Morgan fingerprint density at radius 2 is 1.26 bits per heavy atom. The molecule has 0 aromatic rings. The van der Waals surface area contributed by atoms with Crippen molar-refractivity contribution < 1.29 is 24.3 Å². The molecule has 5 unspecified atom stereocenters. The van der Waals surface area contributed by atoms with E-state index in [0.29, 0.717) is 51.2 Å². The van der Waals surface area contributed by atoms with Gasteiger partial charge in [0.1, 0.15) is 0 Å². The van der Waals surface area contributed by atoms with Crippen LogP contribution in [0.1, 0.15) is 124 Å². The molecule has 0 saturated heterocycles. The van der Waals surface area contributed by atoms with Gasteiger partial charge in [0.2, 0.25) is 23.6 Å². The number of rotatable bonds is 16. The molecular weight excluding hydrogens is 582 g/mol. The Kier molecular flexibility index (Phi) is 16.3. The van der Waals surface area contributed by atoms with Gasteiger partial charge in [0.15, 0.2) is 0 Å². The van der Waals surface area contributed by atoms with Crippen LogP contribution in [0.15, 0.2) is 0 Å². The topological polar surface area (TPSA) is 122 Å². The molecule has 0 aliphatic heterocycles. The molecule has 10 heteroatoms. The second-order valence-corrected chi connectivity index (χ2v) is 14.6. The summed E-state index contributed by atoms with van der Waals surface area (Å²) in [5, 5.41) is 16.6. The zero-order chi connectivity index (χ0) is 33.6. The highest BCUT2D eigenvalue weighted by Crippen LogP contribution is 2.36. The van der Waals surface area contributed by atoms with Crippen molar-refractivity contribution in [3.8, 4) is 0 Å². The molecule has 4 amide bonds. The van der Waals surface area contributed by atoms with E-state index in [-0.39, 0.29) is 42.0 Å². The Morgan fingerprint density at radius 3 is 1.80 bits per heavy atom. The molecule has 10 nitrogen and oxygen atoms in total. The molecule has 3 aliphatic rings. The van der Waals surface area contributed by atoms with Crippen molar-refractivity contribution in [3.05, 3.63) is 0 Å². The normalized spacial score (nSPS) is 24.2. The van der Waals surface area contributed by atoms with E-state index in [1.54, 1.807) is 24.0 Å². The van der Waals surface area contributed by atoms with Crippen molar-refractivity contribution in [3.63, 3.8) is 0 Å². The number of aliphatic hydroxyl groups excluding tert-OH is 1. The summed E-state index contributed by atoms with van der Waals surface area (Å²) in [4.78, 5) is 57.5. The van der Waals surface area contributed by atoms with E-state index in [1.165, 1.54) is 12.8 Å². The van der Waals surface area contributed by atoms with Crippen LogP contribution in [-0.2, 0) is 19.2 Å². The fourth-order valence-electron chi connectivity index (χ4n) is 8.05. The molecule has 3 saturated carbocycles. The number of nitrogens with zero attached hydrogens (tertiary/aromatic N) is 3. The average Bonchev–Trinajstić information content (AvgIpc) is 3.07. The number of hydrogen-bond donors (Lipinski definition) is 3. The van der Waals surface area contributed by atoms with Crippen LogP contribution in [0.25, 0.3) is 0 Å². The van der Waals surface area contributed by atoms with Gasteiger partial charge in [-0.25, -0.2) is 5.01 Å². The molecule has 0 spiro atoms.